The second-order valence-electron chi connectivity index (χ2n) is 7.94. The molecule has 1 N–H and O–H groups in total. The van der Waals surface area contributed by atoms with Gasteiger partial charge in [0.2, 0.25) is 0 Å². The number of aryl methyl sites for hydroxylation is 1. The highest BCUT2D eigenvalue weighted by atomic mass is 32.1. The Morgan fingerprint density at radius 1 is 1.11 bits per heavy atom. The Labute approximate surface area is 206 Å². The van der Waals surface area contributed by atoms with Crippen molar-refractivity contribution in [3.05, 3.63) is 82.4 Å². The molecular weight excluding hydrogens is 466 g/mol. The normalized spacial score (nSPS) is 11.8. The predicted octanol–water partition coefficient (Wildman–Crippen LogP) is 5.80. The monoisotopic (exact) mass is 491 g/mol. The number of hydrogen-bond acceptors (Lipinski definition) is 7. The van der Waals surface area contributed by atoms with Gasteiger partial charge in [-0.25, -0.2) is 4.79 Å². The fourth-order valence-electron chi connectivity index (χ4n) is 3.58. The summed E-state index contributed by atoms with van der Waals surface area (Å²) in [6, 6.07) is 19.0. The third-order valence-electron chi connectivity index (χ3n) is 5.47. The van der Waals surface area contributed by atoms with E-state index in [0.717, 1.165) is 44.0 Å². The Kier molecular flexibility index (Phi) is 7.74. The van der Waals surface area contributed by atoms with Crippen molar-refractivity contribution in [1.29, 1.82) is 0 Å². The second-order valence-corrected chi connectivity index (χ2v) is 9.08. The summed E-state index contributed by atoms with van der Waals surface area (Å²) in [5, 5.41) is 12.6. The molecule has 4 aromatic rings. The molecule has 2 heterocycles. The quantitative estimate of drug-likeness (QED) is 0.265. The first-order chi connectivity index (χ1) is 17.0. The van der Waals surface area contributed by atoms with E-state index >= 15 is 0 Å². The molecule has 8 heteroatoms. The fourth-order valence-corrected chi connectivity index (χ4v) is 4.67. The summed E-state index contributed by atoms with van der Waals surface area (Å²) < 4.78 is 16.5. The van der Waals surface area contributed by atoms with Gasteiger partial charge in [0, 0.05) is 34.4 Å². The number of nitrogens with zero attached hydrogens (tertiary/aromatic N) is 1. The van der Waals surface area contributed by atoms with Gasteiger partial charge in [0.15, 0.2) is 11.5 Å². The molecule has 1 unspecified atom stereocenters. The number of benzene rings is 2. The molecule has 0 saturated carbocycles. The largest absolute Gasteiger partial charge is 0.488 e. The number of aromatic carboxylic acids is 1. The van der Waals surface area contributed by atoms with Crippen LogP contribution in [0.5, 0.6) is 5.75 Å². The van der Waals surface area contributed by atoms with Crippen molar-refractivity contribution in [2.24, 2.45) is 0 Å². The van der Waals surface area contributed by atoms with Crippen molar-refractivity contribution in [2.75, 3.05) is 6.61 Å². The van der Waals surface area contributed by atoms with Crippen molar-refractivity contribution < 1.29 is 28.7 Å². The number of aldehydes is 1. The van der Waals surface area contributed by atoms with E-state index in [1.165, 1.54) is 6.07 Å². The van der Waals surface area contributed by atoms with E-state index in [1.807, 2.05) is 55.5 Å². The Morgan fingerprint density at radius 2 is 1.83 bits per heavy atom. The maximum Gasteiger partial charge on any atom is 0.358 e. The van der Waals surface area contributed by atoms with Crippen LogP contribution in [0.3, 0.4) is 0 Å². The molecular formula is C27H25NO6S. The van der Waals surface area contributed by atoms with Crippen LogP contribution in [0, 0.1) is 6.92 Å². The molecule has 0 aliphatic rings. The minimum Gasteiger partial charge on any atom is -0.488 e. The highest BCUT2D eigenvalue weighted by Crippen LogP contribution is 2.33. The second kappa shape index (κ2) is 11.1. The zero-order valence-corrected chi connectivity index (χ0v) is 20.2. The Hall–Kier alpha value is -3.75. The van der Waals surface area contributed by atoms with Crippen LogP contribution in [-0.2, 0) is 22.6 Å². The van der Waals surface area contributed by atoms with Crippen LogP contribution in [0.25, 0.3) is 21.8 Å². The third-order valence-corrected chi connectivity index (χ3v) is 6.73. The summed E-state index contributed by atoms with van der Waals surface area (Å²) in [5.41, 5.74) is 3.86. The van der Waals surface area contributed by atoms with E-state index in [2.05, 4.69) is 18.1 Å². The van der Waals surface area contributed by atoms with E-state index < -0.39 is 12.1 Å². The number of aromatic nitrogens is 1. The van der Waals surface area contributed by atoms with Crippen LogP contribution >= 0.6 is 11.3 Å². The molecule has 180 valence electrons. The average molecular weight is 492 g/mol. The third kappa shape index (κ3) is 6.03. The van der Waals surface area contributed by atoms with Crippen molar-refractivity contribution in [3.63, 3.8) is 0 Å². The molecule has 0 aliphatic heterocycles. The van der Waals surface area contributed by atoms with Crippen LogP contribution in [0.2, 0.25) is 0 Å². The van der Waals surface area contributed by atoms with Crippen LogP contribution in [0.15, 0.2) is 65.2 Å². The van der Waals surface area contributed by atoms with Crippen LogP contribution < -0.4 is 4.74 Å². The first-order valence-electron chi connectivity index (χ1n) is 11.2. The molecule has 0 aliphatic carbocycles. The van der Waals surface area contributed by atoms with Crippen LogP contribution in [0.1, 0.15) is 33.4 Å². The SMILES string of the molecule is CCOC(C=O)Cc1ccc(OCc2sc(-c3ccc(-c4cc(C(=O)O)no4)cc3)cc2C)cc1. The van der Waals surface area contributed by atoms with Gasteiger partial charge < -0.3 is 23.9 Å². The lowest BCUT2D eigenvalue weighted by Crippen LogP contribution is -2.17. The molecule has 0 amide bonds. The van der Waals surface area contributed by atoms with Gasteiger partial charge in [-0.1, -0.05) is 41.6 Å². The molecule has 0 bridgehead atoms. The highest BCUT2D eigenvalue weighted by molar-refractivity contribution is 7.15. The predicted molar refractivity (Wildman–Crippen MR) is 133 cm³/mol. The average Bonchev–Trinajstić information content (AvgIpc) is 3.51. The molecule has 2 aromatic heterocycles. The van der Waals surface area contributed by atoms with Gasteiger partial charge in [0.1, 0.15) is 24.7 Å². The standard InChI is InChI=1S/C27H25NO6S/c1-3-32-22(15-29)13-18-4-10-21(11-5-18)33-16-26-17(2)12-25(35-26)20-8-6-19(7-9-20)24-14-23(27(30)31)28-34-24/h4-12,14-15,22H,3,13,16H2,1-2H3,(H,30,31). The van der Waals surface area contributed by atoms with E-state index in [1.54, 1.807) is 11.3 Å². The molecule has 1 atom stereocenters. The molecule has 0 saturated heterocycles. The summed E-state index contributed by atoms with van der Waals surface area (Å²) >= 11 is 1.67. The van der Waals surface area contributed by atoms with Gasteiger partial charge >= 0.3 is 5.97 Å². The number of ether oxygens (including phenoxy) is 2. The topological polar surface area (TPSA) is 98.9 Å². The van der Waals surface area contributed by atoms with Crippen molar-refractivity contribution in [1.82, 2.24) is 5.16 Å². The molecule has 4 rings (SSSR count). The molecule has 35 heavy (non-hydrogen) atoms. The fraction of sp³-hybridized carbons (Fsp3) is 0.222. The van der Waals surface area contributed by atoms with E-state index in [0.29, 0.717) is 25.4 Å². The number of thiophene rings is 1. The number of carboxylic acids is 1. The van der Waals surface area contributed by atoms with Crippen LogP contribution in [-0.4, -0.2) is 35.2 Å². The van der Waals surface area contributed by atoms with Crippen molar-refractivity contribution in [3.8, 4) is 27.5 Å². The lowest BCUT2D eigenvalue weighted by molar-refractivity contribution is -0.117. The summed E-state index contributed by atoms with van der Waals surface area (Å²) in [6.07, 6.45) is 0.953. The Morgan fingerprint density at radius 3 is 2.46 bits per heavy atom. The highest BCUT2D eigenvalue weighted by Gasteiger charge is 2.14. The maximum absolute atomic E-state index is 11.1. The van der Waals surface area contributed by atoms with Gasteiger partial charge in [0.05, 0.1) is 0 Å². The van der Waals surface area contributed by atoms with E-state index in [4.69, 9.17) is 19.1 Å². The molecule has 0 fully saturated rings. The number of carbonyl (C=O) groups is 2. The van der Waals surface area contributed by atoms with Gasteiger partial charge in [-0.3, -0.25) is 0 Å². The van der Waals surface area contributed by atoms with Gasteiger partial charge in [0.25, 0.3) is 0 Å². The smallest absolute Gasteiger partial charge is 0.358 e. The molecule has 0 radical (unpaired) electrons. The Bertz CT molecular complexity index is 1290. The number of hydrogen-bond donors (Lipinski definition) is 1. The van der Waals surface area contributed by atoms with E-state index in [9.17, 15) is 9.59 Å². The Balaban J connectivity index is 1.38. The first kappa shape index (κ1) is 24.4. The van der Waals surface area contributed by atoms with Crippen molar-refractivity contribution >= 4 is 23.6 Å². The summed E-state index contributed by atoms with van der Waals surface area (Å²) in [5.74, 6) is 0.0553. The minimum absolute atomic E-state index is 0.118. The lowest BCUT2D eigenvalue weighted by atomic mass is 10.1. The van der Waals surface area contributed by atoms with Gasteiger partial charge in [-0.05, 0) is 48.7 Å². The van der Waals surface area contributed by atoms with E-state index in [-0.39, 0.29) is 5.69 Å². The van der Waals surface area contributed by atoms with Gasteiger partial charge in [-0.2, -0.15) is 0 Å². The lowest BCUT2D eigenvalue weighted by Gasteiger charge is -2.11. The van der Waals surface area contributed by atoms with Gasteiger partial charge in [-0.15, -0.1) is 11.3 Å². The summed E-state index contributed by atoms with van der Waals surface area (Å²) in [4.78, 5) is 24.3. The molecule has 2 aromatic carbocycles. The van der Waals surface area contributed by atoms with Crippen LogP contribution in [0.4, 0.5) is 0 Å². The zero-order chi connectivity index (χ0) is 24.8. The molecule has 0 spiro atoms. The maximum atomic E-state index is 11.1. The first-order valence-corrected chi connectivity index (χ1v) is 12.0. The number of carbonyl (C=O) groups excluding carboxylic acids is 1. The number of rotatable bonds is 11. The van der Waals surface area contributed by atoms with Crippen molar-refractivity contribution in [2.45, 2.75) is 33.0 Å². The summed E-state index contributed by atoms with van der Waals surface area (Å²) in [6.45, 7) is 4.90. The minimum atomic E-state index is -1.12. The number of carboxylic acid groups (broad SMARTS) is 1. The molecule has 7 nitrogen and oxygen atoms in total. The summed E-state index contributed by atoms with van der Waals surface area (Å²) in [7, 11) is 0. The zero-order valence-electron chi connectivity index (χ0n) is 19.4.